The van der Waals surface area contributed by atoms with E-state index in [1.54, 1.807) is 24.3 Å². The third kappa shape index (κ3) is 6.11. The number of carbonyl (C=O) groups excluding carboxylic acids is 2. The van der Waals surface area contributed by atoms with E-state index in [1.165, 1.54) is 26.2 Å². The van der Waals surface area contributed by atoms with Crippen molar-refractivity contribution >= 4 is 23.5 Å². The Morgan fingerprint density at radius 1 is 1.36 bits per heavy atom. The maximum atomic E-state index is 11.7. The molecule has 25 heavy (non-hydrogen) atoms. The highest BCUT2D eigenvalue weighted by atomic mass is 16.5. The number of nitriles is 1. The molecule has 1 N–H and O–H groups in total. The molecule has 1 rings (SSSR count). The summed E-state index contributed by atoms with van der Waals surface area (Å²) in [5.41, 5.74) is 0.606. The number of hydrogen-bond acceptors (Lipinski definition) is 7. The van der Waals surface area contributed by atoms with Gasteiger partial charge in [-0.25, -0.2) is 4.79 Å². The van der Waals surface area contributed by atoms with E-state index in [9.17, 15) is 9.59 Å². The summed E-state index contributed by atoms with van der Waals surface area (Å²) in [4.78, 5) is 23.4. The summed E-state index contributed by atoms with van der Waals surface area (Å²) < 4.78 is 15.4. The van der Waals surface area contributed by atoms with Gasteiger partial charge in [0.1, 0.15) is 5.92 Å². The lowest BCUT2D eigenvalue weighted by Crippen LogP contribution is -2.25. The number of methoxy groups -OCH3 is 1. The minimum atomic E-state index is -1.19. The van der Waals surface area contributed by atoms with Gasteiger partial charge in [0, 0.05) is 11.8 Å². The Hall–Kier alpha value is -3.14. The first-order valence-corrected chi connectivity index (χ1v) is 7.56. The maximum Gasteiger partial charge on any atom is 0.331 e. The van der Waals surface area contributed by atoms with Crippen LogP contribution in [0.15, 0.2) is 24.3 Å². The van der Waals surface area contributed by atoms with Gasteiger partial charge in [-0.1, -0.05) is 6.07 Å². The molecule has 7 heteroatoms. The minimum Gasteiger partial charge on any atom is -0.493 e. The average Bonchev–Trinajstić information content (AvgIpc) is 2.59. The second kappa shape index (κ2) is 9.88. The number of hydrogen-bond donors (Lipinski definition) is 1. The predicted octanol–water partition coefficient (Wildman–Crippen LogP) is 2.40. The topological polar surface area (TPSA) is 109 Å². The zero-order valence-corrected chi connectivity index (χ0v) is 14.4. The van der Waals surface area contributed by atoms with Crippen molar-refractivity contribution < 1.29 is 23.8 Å². The molecule has 0 aromatic heterocycles. The quantitative estimate of drug-likeness (QED) is 0.418. The van der Waals surface area contributed by atoms with E-state index < -0.39 is 24.3 Å². The van der Waals surface area contributed by atoms with Crippen molar-refractivity contribution in [2.75, 3.05) is 20.3 Å². The Bertz CT molecular complexity index is 719. The first kappa shape index (κ1) is 19.9. The molecule has 0 aliphatic carbocycles. The van der Waals surface area contributed by atoms with Crippen LogP contribution in [0.2, 0.25) is 0 Å². The molecule has 1 aromatic rings. The molecule has 0 unspecified atom stereocenters. The van der Waals surface area contributed by atoms with E-state index in [1.807, 2.05) is 6.92 Å². The number of esters is 1. The summed E-state index contributed by atoms with van der Waals surface area (Å²) in [6, 6.07) is 6.87. The first-order chi connectivity index (χ1) is 11.9. The lowest BCUT2D eigenvalue weighted by atomic mass is 10.0. The van der Waals surface area contributed by atoms with Crippen LogP contribution in [-0.4, -0.2) is 37.8 Å². The van der Waals surface area contributed by atoms with Crippen molar-refractivity contribution in [1.82, 2.24) is 0 Å². The molecule has 0 radical (unpaired) electrons. The normalized spacial score (nSPS) is 11.4. The van der Waals surface area contributed by atoms with Crippen LogP contribution in [0.25, 0.3) is 6.08 Å². The summed E-state index contributed by atoms with van der Waals surface area (Å²) in [5.74, 6) is -1.40. The van der Waals surface area contributed by atoms with Crippen molar-refractivity contribution in [3.05, 3.63) is 29.8 Å². The largest absolute Gasteiger partial charge is 0.493 e. The van der Waals surface area contributed by atoms with Gasteiger partial charge >= 0.3 is 5.97 Å². The van der Waals surface area contributed by atoms with Gasteiger partial charge in [0.05, 0.1) is 19.8 Å². The van der Waals surface area contributed by atoms with Crippen LogP contribution in [-0.2, 0) is 14.3 Å². The second-order valence-electron chi connectivity index (χ2n) is 5.00. The number of benzene rings is 1. The van der Waals surface area contributed by atoms with Gasteiger partial charge in [0.15, 0.2) is 23.9 Å². The highest BCUT2D eigenvalue weighted by molar-refractivity contribution is 6.06. The van der Waals surface area contributed by atoms with Gasteiger partial charge in [-0.15, -0.1) is 0 Å². The van der Waals surface area contributed by atoms with Gasteiger partial charge in [0.25, 0.3) is 0 Å². The van der Waals surface area contributed by atoms with Crippen molar-refractivity contribution in [2.24, 2.45) is 5.92 Å². The monoisotopic (exact) mass is 344 g/mol. The van der Waals surface area contributed by atoms with Crippen LogP contribution in [0, 0.1) is 22.7 Å². The van der Waals surface area contributed by atoms with Gasteiger partial charge in [-0.3, -0.25) is 4.79 Å². The SMILES string of the molecule is CCOc1ccc(/C=C/C(=O)OCC(=O)[C@@H](C#N)C(C)=N)cc1OC. The lowest BCUT2D eigenvalue weighted by Gasteiger charge is -2.09. The van der Waals surface area contributed by atoms with E-state index in [4.69, 9.17) is 24.9 Å². The molecular weight excluding hydrogens is 324 g/mol. The van der Waals surface area contributed by atoms with E-state index in [-0.39, 0.29) is 5.71 Å². The summed E-state index contributed by atoms with van der Waals surface area (Å²) in [5, 5.41) is 16.1. The third-order valence-electron chi connectivity index (χ3n) is 3.14. The second-order valence-corrected chi connectivity index (χ2v) is 5.00. The number of ether oxygens (including phenoxy) is 3. The molecule has 0 aliphatic rings. The summed E-state index contributed by atoms with van der Waals surface area (Å²) in [7, 11) is 1.52. The molecule has 132 valence electrons. The average molecular weight is 344 g/mol. The molecule has 0 bridgehead atoms. The van der Waals surface area contributed by atoms with Crippen LogP contribution in [0.1, 0.15) is 19.4 Å². The zero-order valence-electron chi connectivity index (χ0n) is 14.4. The molecule has 0 spiro atoms. The zero-order chi connectivity index (χ0) is 18.8. The van der Waals surface area contributed by atoms with Crippen LogP contribution in [0.3, 0.4) is 0 Å². The highest BCUT2D eigenvalue weighted by Gasteiger charge is 2.20. The molecule has 1 atom stereocenters. The Labute approximate surface area is 146 Å². The molecule has 1 aromatic carbocycles. The van der Waals surface area contributed by atoms with Crippen molar-refractivity contribution in [1.29, 1.82) is 10.7 Å². The van der Waals surface area contributed by atoms with Crippen LogP contribution in [0.4, 0.5) is 0 Å². The summed E-state index contributed by atoms with van der Waals surface area (Å²) in [6.45, 7) is 3.17. The fourth-order valence-corrected chi connectivity index (χ4v) is 1.91. The smallest absolute Gasteiger partial charge is 0.331 e. The Morgan fingerprint density at radius 2 is 2.08 bits per heavy atom. The number of carbonyl (C=O) groups is 2. The Kier molecular flexibility index (Phi) is 7.87. The van der Waals surface area contributed by atoms with E-state index in [0.717, 1.165) is 0 Å². The highest BCUT2D eigenvalue weighted by Crippen LogP contribution is 2.28. The number of rotatable bonds is 9. The molecule has 7 nitrogen and oxygen atoms in total. The molecule has 0 amide bonds. The van der Waals surface area contributed by atoms with Gasteiger partial charge < -0.3 is 19.6 Å². The number of Topliss-reactive ketones (excluding diaryl/α,β-unsaturated/α-hetero) is 1. The number of ketones is 1. The lowest BCUT2D eigenvalue weighted by molar-refractivity contribution is -0.143. The molecular formula is C18H20N2O5. The summed E-state index contributed by atoms with van der Waals surface area (Å²) >= 11 is 0. The van der Waals surface area contributed by atoms with Gasteiger partial charge in [0.2, 0.25) is 0 Å². The molecule has 0 heterocycles. The molecule has 0 aliphatic heterocycles. The van der Waals surface area contributed by atoms with Gasteiger partial charge in [-0.05, 0) is 37.6 Å². The van der Waals surface area contributed by atoms with Crippen LogP contribution < -0.4 is 9.47 Å². The first-order valence-electron chi connectivity index (χ1n) is 7.56. The van der Waals surface area contributed by atoms with E-state index >= 15 is 0 Å². The Morgan fingerprint density at radius 3 is 2.64 bits per heavy atom. The molecule has 0 saturated carbocycles. The van der Waals surface area contributed by atoms with Crippen LogP contribution >= 0.6 is 0 Å². The Balaban J connectivity index is 2.67. The van der Waals surface area contributed by atoms with E-state index in [2.05, 4.69) is 0 Å². The maximum absolute atomic E-state index is 11.7. The third-order valence-corrected chi connectivity index (χ3v) is 3.14. The predicted molar refractivity (Wildman–Crippen MR) is 91.7 cm³/mol. The van der Waals surface area contributed by atoms with Crippen molar-refractivity contribution in [3.8, 4) is 17.6 Å². The summed E-state index contributed by atoms with van der Waals surface area (Å²) in [6.07, 6.45) is 2.68. The van der Waals surface area contributed by atoms with Gasteiger partial charge in [-0.2, -0.15) is 5.26 Å². The number of nitrogens with one attached hydrogen (secondary N) is 1. The fraction of sp³-hybridized carbons (Fsp3) is 0.333. The van der Waals surface area contributed by atoms with Crippen LogP contribution in [0.5, 0.6) is 11.5 Å². The standard InChI is InChI=1S/C18H20N2O5/c1-4-24-16-7-5-13(9-17(16)23-3)6-8-18(22)25-11-15(21)14(10-19)12(2)20/h5-9,14,20H,4,11H2,1-3H3/b8-6+,20-12?/t14-/m0/s1. The number of nitrogens with zero attached hydrogens (tertiary/aromatic N) is 1. The molecule has 0 fully saturated rings. The molecule has 0 saturated heterocycles. The van der Waals surface area contributed by atoms with Crippen molar-refractivity contribution in [2.45, 2.75) is 13.8 Å². The fourth-order valence-electron chi connectivity index (χ4n) is 1.91. The van der Waals surface area contributed by atoms with E-state index in [0.29, 0.717) is 23.7 Å². The van der Waals surface area contributed by atoms with Crippen molar-refractivity contribution in [3.63, 3.8) is 0 Å². The minimum absolute atomic E-state index is 0.0828.